The maximum Gasteiger partial charge on any atom is 0.171 e. The third-order valence-corrected chi connectivity index (χ3v) is 4.11. The quantitative estimate of drug-likeness (QED) is 0.794. The summed E-state index contributed by atoms with van der Waals surface area (Å²) >= 11 is 8.48. The lowest BCUT2D eigenvalue weighted by molar-refractivity contribution is 0.122. The summed E-state index contributed by atoms with van der Waals surface area (Å²) in [7, 11) is 1.67. The molecule has 0 atom stereocenters. The lowest BCUT2D eigenvalue weighted by Gasteiger charge is -2.05. The van der Waals surface area contributed by atoms with Crippen LogP contribution in [0.2, 0.25) is 0 Å². The fraction of sp³-hybridized carbons (Fsp3) is 0.571. The molecule has 1 heterocycles. The molecule has 0 aromatic carbocycles. The van der Waals surface area contributed by atoms with Gasteiger partial charge >= 0.3 is 0 Å². The predicted molar refractivity (Wildman–Crippen MR) is 61.0 cm³/mol. The number of ether oxygens (including phenoxy) is 1. The van der Waals surface area contributed by atoms with Crippen molar-refractivity contribution in [1.29, 1.82) is 0 Å². The molecule has 74 valence electrons. The van der Waals surface area contributed by atoms with E-state index in [1.807, 2.05) is 4.57 Å². The second kappa shape index (κ2) is 5.38. The van der Waals surface area contributed by atoms with E-state index >= 15 is 0 Å². The van der Waals surface area contributed by atoms with E-state index < -0.39 is 0 Å². The Morgan fingerprint density at radius 3 is 2.77 bits per heavy atom. The van der Waals surface area contributed by atoms with Crippen LogP contribution in [0.3, 0.4) is 0 Å². The van der Waals surface area contributed by atoms with Crippen LogP contribution in [0.5, 0.6) is 0 Å². The molecule has 0 aliphatic carbocycles. The minimum atomic E-state index is 0.515. The predicted octanol–water partition coefficient (Wildman–Crippen LogP) is 3.12. The minimum Gasteiger partial charge on any atom is -0.364 e. The van der Waals surface area contributed by atoms with Gasteiger partial charge in [-0.15, -0.1) is 0 Å². The zero-order valence-electron chi connectivity index (χ0n) is 7.38. The summed E-state index contributed by atoms with van der Waals surface area (Å²) in [6.07, 6.45) is 0. The van der Waals surface area contributed by atoms with Crippen LogP contribution in [0.4, 0.5) is 0 Å². The molecule has 1 aromatic heterocycles. The van der Waals surface area contributed by atoms with Gasteiger partial charge in [0, 0.05) is 7.11 Å². The number of methoxy groups -OCH3 is 1. The second-order valence-corrected chi connectivity index (χ2v) is 4.99. The molecule has 13 heavy (non-hydrogen) atoms. The zero-order valence-corrected chi connectivity index (χ0v) is 11.4. The summed E-state index contributed by atoms with van der Waals surface area (Å²) in [5.41, 5.74) is 0. The summed E-state index contributed by atoms with van der Waals surface area (Å²) in [5.74, 6) is 1.000. The second-order valence-electron chi connectivity index (χ2n) is 2.25. The molecule has 0 saturated carbocycles. The van der Waals surface area contributed by atoms with Crippen LogP contribution < -0.4 is 0 Å². The number of halogens is 2. The van der Waals surface area contributed by atoms with Crippen LogP contribution in [-0.2, 0) is 11.5 Å². The maximum atomic E-state index is 5.07. The van der Waals surface area contributed by atoms with Gasteiger partial charge in [0.1, 0.15) is 15.9 Å². The topological polar surface area (TPSA) is 27.1 Å². The molecule has 1 rings (SSSR count). The number of hydrogen-bond donors (Lipinski definition) is 0. The number of nitrogens with zero attached hydrogens (tertiary/aromatic N) is 2. The Bertz CT molecular complexity index is 290. The number of imidazole rings is 1. The number of hydrogen-bond acceptors (Lipinski definition) is 3. The molecule has 0 N–H and O–H groups in total. The van der Waals surface area contributed by atoms with Gasteiger partial charge in [-0.25, -0.2) is 4.98 Å². The molecular weight excluding hydrogens is 320 g/mol. The van der Waals surface area contributed by atoms with E-state index in [4.69, 9.17) is 4.74 Å². The lowest BCUT2D eigenvalue weighted by atomic mass is 10.9. The molecule has 0 unspecified atom stereocenters. The van der Waals surface area contributed by atoms with E-state index in [1.54, 1.807) is 18.9 Å². The van der Waals surface area contributed by atoms with Crippen molar-refractivity contribution in [2.45, 2.75) is 18.8 Å². The van der Waals surface area contributed by atoms with Crippen LogP contribution in [0.25, 0.3) is 0 Å². The monoisotopic (exact) mass is 328 g/mol. The molecule has 0 amide bonds. The Kier molecular flexibility index (Phi) is 4.78. The average Bonchev–Trinajstić information content (AvgIpc) is 2.34. The summed E-state index contributed by atoms with van der Waals surface area (Å²) in [4.78, 5) is 4.33. The lowest BCUT2D eigenvalue weighted by Crippen LogP contribution is -2.01. The van der Waals surface area contributed by atoms with Crippen molar-refractivity contribution in [2.75, 3.05) is 12.9 Å². The van der Waals surface area contributed by atoms with E-state index in [-0.39, 0.29) is 0 Å². The Hall–Kier alpha value is 0.480. The highest BCUT2D eigenvalue weighted by Crippen LogP contribution is 2.28. The number of thioether (sulfide) groups is 1. The molecular formula is C7H10Br2N2OS. The molecule has 0 radical (unpaired) electrons. The highest BCUT2D eigenvalue weighted by atomic mass is 79.9. The molecule has 3 nitrogen and oxygen atoms in total. The van der Waals surface area contributed by atoms with Gasteiger partial charge in [0.25, 0.3) is 0 Å². The normalized spacial score (nSPS) is 10.8. The first kappa shape index (κ1) is 11.6. The largest absolute Gasteiger partial charge is 0.364 e. The first-order chi connectivity index (χ1) is 6.20. The van der Waals surface area contributed by atoms with Gasteiger partial charge in [-0.2, -0.15) is 0 Å². The van der Waals surface area contributed by atoms with E-state index in [9.17, 15) is 0 Å². The summed E-state index contributed by atoms with van der Waals surface area (Å²) in [6, 6.07) is 0. The van der Waals surface area contributed by atoms with E-state index in [0.29, 0.717) is 6.73 Å². The van der Waals surface area contributed by atoms with Gasteiger partial charge in [0.2, 0.25) is 0 Å². The fourth-order valence-corrected chi connectivity index (χ4v) is 2.56. The molecule has 6 heteroatoms. The van der Waals surface area contributed by atoms with Crippen molar-refractivity contribution in [3.63, 3.8) is 0 Å². The zero-order chi connectivity index (χ0) is 9.84. The SMILES string of the molecule is CCSc1nc(Br)c(Br)n1COC. The number of aromatic nitrogens is 2. The van der Waals surface area contributed by atoms with Crippen molar-refractivity contribution in [1.82, 2.24) is 9.55 Å². The minimum absolute atomic E-state index is 0.515. The molecule has 0 aliphatic rings. The van der Waals surface area contributed by atoms with Gasteiger partial charge in [-0.05, 0) is 37.6 Å². The van der Waals surface area contributed by atoms with Crippen LogP contribution in [0, 0.1) is 0 Å². The molecule has 0 bridgehead atoms. The molecule has 0 saturated heterocycles. The van der Waals surface area contributed by atoms with Crippen LogP contribution in [-0.4, -0.2) is 22.4 Å². The first-order valence-corrected chi connectivity index (χ1v) is 6.31. The average molecular weight is 330 g/mol. The Morgan fingerprint density at radius 1 is 1.54 bits per heavy atom. The maximum absolute atomic E-state index is 5.07. The van der Waals surface area contributed by atoms with Crippen molar-refractivity contribution < 1.29 is 4.74 Å². The molecule has 0 spiro atoms. The van der Waals surface area contributed by atoms with Gasteiger partial charge in [0.05, 0.1) is 0 Å². The van der Waals surface area contributed by atoms with Crippen LogP contribution in [0.1, 0.15) is 6.92 Å². The summed E-state index contributed by atoms with van der Waals surface area (Å²) in [6.45, 7) is 2.61. The smallest absolute Gasteiger partial charge is 0.171 e. The Labute approximate surface area is 98.5 Å². The molecule has 0 fully saturated rings. The molecule has 1 aromatic rings. The van der Waals surface area contributed by atoms with Crippen molar-refractivity contribution in [3.05, 3.63) is 9.21 Å². The van der Waals surface area contributed by atoms with Gasteiger partial charge < -0.3 is 4.74 Å². The van der Waals surface area contributed by atoms with Crippen LogP contribution >= 0.6 is 43.6 Å². The summed E-state index contributed by atoms with van der Waals surface area (Å²) in [5, 5.41) is 0.961. The van der Waals surface area contributed by atoms with E-state index in [2.05, 4.69) is 43.8 Å². The van der Waals surface area contributed by atoms with Crippen molar-refractivity contribution in [2.24, 2.45) is 0 Å². The van der Waals surface area contributed by atoms with E-state index in [0.717, 1.165) is 20.1 Å². The van der Waals surface area contributed by atoms with Crippen molar-refractivity contribution >= 4 is 43.6 Å². The number of rotatable bonds is 4. The van der Waals surface area contributed by atoms with Gasteiger partial charge in [-0.1, -0.05) is 18.7 Å². The fourth-order valence-electron chi connectivity index (χ4n) is 0.866. The van der Waals surface area contributed by atoms with E-state index in [1.165, 1.54) is 0 Å². The first-order valence-electron chi connectivity index (χ1n) is 3.74. The highest BCUT2D eigenvalue weighted by Gasteiger charge is 2.12. The summed E-state index contributed by atoms with van der Waals surface area (Å²) < 4.78 is 8.78. The standard InChI is InChI=1S/C7H10Br2N2OS/c1-3-13-7-10-5(8)6(9)11(7)4-12-2/h3-4H2,1-2H3. The Morgan fingerprint density at radius 2 is 2.23 bits per heavy atom. The Balaban J connectivity index is 2.96. The third-order valence-electron chi connectivity index (χ3n) is 1.36. The van der Waals surface area contributed by atoms with Gasteiger partial charge in [0.15, 0.2) is 5.16 Å². The molecule has 0 aliphatic heterocycles. The highest BCUT2D eigenvalue weighted by molar-refractivity contribution is 9.13. The van der Waals surface area contributed by atoms with Crippen molar-refractivity contribution in [3.8, 4) is 0 Å². The van der Waals surface area contributed by atoms with Gasteiger partial charge in [-0.3, -0.25) is 4.57 Å². The van der Waals surface area contributed by atoms with Crippen LogP contribution in [0.15, 0.2) is 14.4 Å². The third kappa shape index (κ3) is 2.71.